The van der Waals surface area contributed by atoms with Gasteiger partial charge in [-0.2, -0.15) is 0 Å². The molecule has 3 unspecified atom stereocenters. The summed E-state index contributed by atoms with van der Waals surface area (Å²) in [5.74, 6) is 3.34. The van der Waals surface area contributed by atoms with Crippen LogP contribution in [0.25, 0.3) is 0 Å². The minimum absolute atomic E-state index is 0.0930. The van der Waals surface area contributed by atoms with Crippen LogP contribution >= 0.6 is 0 Å². The largest absolute Gasteiger partial charge is 0.491 e. The van der Waals surface area contributed by atoms with E-state index >= 15 is 0 Å². The third-order valence-corrected chi connectivity index (χ3v) is 9.13. The Kier molecular flexibility index (Phi) is 11.9. The summed E-state index contributed by atoms with van der Waals surface area (Å²) in [6.07, 6.45) is -0.407. The Hall–Kier alpha value is -4.04. The van der Waals surface area contributed by atoms with Crippen LogP contribution in [-0.4, -0.2) is 61.6 Å². The molecule has 1 aliphatic heterocycles. The molecule has 0 amide bonds. The Bertz CT molecular complexity index is 1640. The minimum Gasteiger partial charge on any atom is -0.491 e. The second-order valence-electron chi connectivity index (χ2n) is 14.5. The van der Waals surface area contributed by atoms with Gasteiger partial charge in [-0.1, -0.05) is 90.1 Å². The van der Waals surface area contributed by atoms with Crippen molar-refractivity contribution in [2.24, 2.45) is 5.92 Å². The van der Waals surface area contributed by atoms with E-state index in [2.05, 4.69) is 71.9 Å². The van der Waals surface area contributed by atoms with Crippen molar-refractivity contribution >= 4 is 0 Å². The highest BCUT2D eigenvalue weighted by Gasteiger charge is 2.27. The topological polar surface area (TPSA) is 89.9 Å². The van der Waals surface area contributed by atoms with Gasteiger partial charge in [0.2, 0.25) is 0 Å². The standard InChI is InChI=1S/C42H52O7/c1-29(2)19-34(43)24-45-36-15-7-11-30(20-36)41(3,4)31-12-8-16-37(21-31)46-25-35(44)26-47-38-17-9-13-32(22-38)42(5,6)33-14-10-18-39(23-33)48-27-40-28-49-40/h7-18,20-23,29,34-35,40,43-44H,19,24-28H2,1-6H3. The van der Waals surface area contributed by atoms with Crippen LogP contribution in [-0.2, 0) is 15.6 Å². The molecule has 0 aliphatic carbocycles. The van der Waals surface area contributed by atoms with Crippen molar-refractivity contribution in [3.63, 3.8) is 0 Å². The first-order valence-electron chi connectivity index (χ1n) is 17.3. The Morgan fingerprint density at radius 2 is 0.939 bits per heavy atom. The minimum atomic E-state index is -0.822. The Labute approximate surface area is 291 Å². The van der Waals surface area contributed by atoms with E-state index in [9.17, 15) is 10.2 Å². The van der Waals surface area contributed by atoms with Crippen molar-refractivity contribution in [3.8, 4) is 23.0 Å². The maximum Gasteiger partial charge on any atom is 0.122 e. The van der Waals surface area contributed by atoms with Gasteiger partial charge in [0, 0.05) is 10.8 Å². The predicted octanol–water partition coefficient (Wildman–Crippen LogP) is 7.72. The summed E-state index contributed by atoms with van der Waals surface area (Å²) in [4.78, 5) is 0. The van der Waals surface area contributed by atoms with Crippen molar-refractivity contribution in [3.05, 3.63) is 119 Å². The second-order valence-corrected chi connectivity index (χ2v) is 14.5. The highest BCUT2D eigenvalue weighted by molar-refractivity contribution is 5.45. The molecule has 0 aromatic heterocycles. The van der Waals surface area contributed by atoms with Gasteiger partial charge in [-0.3, -0.25) is 0 Å². The summed E-state index contributed by atoms with van der Waals surface area (Å²) in [6.45, 7) is 14.6. The van der Waals surface area contributed by atoms with Crippen molar-refractivity contribution in [2.75, 3.05) is 33.0 Å². The summed E-state index contributed by atoms with van der Waals surface area (Å²) in [5, 5.41) is 21.0. The van der Waals surface area contributed by atoms with E-state index in [-0.39, 0.29) is 36.8 Å². The van der Waals surface area contributed by atoms with Crippen LogP contribution in [0.5, 0.6) is 23.0 Å². The lowest BCUT2D eigenvalue weighted by atomic mass is 9.78. The molecule has 49 heavy (non-hydrogen) atoms. The average Bonchev–Trinajstić information content (AvgIpc) is 3.93. The molecular formula is C42H52O7. The molecule has 0 spiro atoms. The fraction of sp³-hybridized carbons (Fsp3) is 0.429. The number of ether oxygens (including phenoxy) is 5. The number of hydrogen-bond acceptors (Lipinski definition) is 7. The number of aliphatic hydroxyl groups is 2. The Morgan fingerprint density at radius 3 is 1.29 bits per heavy atom. The van der Waals surface area contributed by atoms with E-state index in [1.807, 2.05) is 66.7 Å². The third kappa shape index (κ3) is 10.2. The monoisotopic (exact) mass is 668 g/mol. The molecule has 1 aliphatic rings. The van der Waals surface area contributed by atoms with Gasteiger partial charge in [0.15, 0.2) is 0 Å². The van der Waals surface area contributed by atoms with Gasteiger partial charge in [-0.05, 0) is 83.1 Å². The van der Waals surface area contributed by atoms with Crippen LogP contribution < -0.4 is 18.9 Å². The molecule has 3 atom stereocenters. The van der Waals surface area contributed by atoms with E-state index < -0.39 is 12.2 Å². The molecule has 1 saturated heterocycles. The molecule has 4 aromatic rings. The number of benzene rings is 4. The van der Waals surface area contributed by atoms with Gasteiger partial charge in [0.1, 0.15) is 61.6 Å². The van der Waals surface area contributed by atoms with Gasteiger partial charge >= 0.3 is 0 Å². The first-order chi connectivity index (χ1) is 23.4. The molecule has 0 bridgehead atoms. The lowest BCUT2D eigenvalue weighted by Crippen LogP contribution is -2.25. The smallest absolute Gasteiger partial charge is 0.122 e. The number of epoxide rings is 1. The summed E-state index contributed by atoms with van der Waals surface area (Å²) in [6, 6.07) is 32.2. The summed E-state index contributed by atoms with van der Waals surface area (Å²) < 4.78 is 29.2. The molecule has 2 N–H and O–H groups in total. The maximum absolute atomic E-state index is 10.8. The fourth-order valence-electron chi connectivity index (χ4n) is 5.82. The van der Waals surface area contributed by atoms with E-state index in [0.717, 1.165) is 40.4 Å². The highest BCUT2D eigenvalue weighted by Crippen LogP contribution is 2.36. The van der Waals surface area contributed by atoms with E-state index in [1.54, 1.807) is 0 Å². The van der Waals surface area contributed by atoms with Crippen molar-refractivity contribution in [1.82, 2.24) is 0 Å². The van der Waals surface area contributed by atoms with Gasteiger partial charge in [-0.25, -0.2) is 0 Å². The quantitative estimate of drug-likeness (QED) is 0.105. The van der Waals surface area contributed by atoms with Crippen LogP contribution in [0.1, 0.15) is 70.2 Å². The molecular weight excluding hydrogens is 616 g/mol. The maximum atomic E-state index is 10.8. The normalized spacial score (nSPS) is 15.8. The zero-order valence-electron chi connectivity index (χ0n) is 29.7. The third-order valence-electron chi connectivity index (χ3n) is 9.13. The van der Waals surface area contributed by atoms with Crippen LogP contribution in [0.15, 0.2) is 97.1 Å². The highest BCUT2D eigenvalue weighted by atomic mass is 16.6. The Morgan fingerprint density at radius 1 is 0.592 bits per heavy atom. The van der Waals surface area contributed by atoms with Crippen LogP contribution in [0.4, 0.5) is 0 Å². The molecule has 262 valence electrons. The van der Waals surface area contributed by atoms with Crippen molar-refractivity contribution in [2.45, 2.75) is 77.1 Å². The average molecular weight is 669 g/mol. The van der Waals surface area contributed by atoms with Crippen molar-refractivity contribution in [1.29, 1.82) is 0 Å². The zero-order chi connectivity index (χ0) is 35.0. The summed E-state index contributed by atoms with van der Waals surface area (Å²) in [7, 11) is 0. The molecule has 0 saturated carbocycles. The molecule has 1 fully saturated rings. The summed E-state index contributed by atoms with van der Waals surface area (Å²) >= 11 is 0. The number of aliphatic hydroxyl groups excluding tert-OH is 2. The van der Waals surface area contributed by atoms with Gasteiger partial charge in [0.05, 0.1) is 12.7 Å². The van der Waals surface area contributed by atoms with Crippen LogP contribution in [0.3, 0.4) is 0 Å². The zero-order valence-corrected chi connectivity index (χ0v) is 29.7. The van der Waals surface area contributed by atoms with E-state index in [1.165, 1.54) is 0 Å². The fourth-order valence-corrected chi connectivity index (χ4v) is 5.82. The lowest BCUT2D eigenvalue weighted by molar-refractivity contribution is 0.0625. The van der Waals surface area contributed by atoms with Gasteiger partial charge in [0.25, 0.3) is 0 Å². The first-order valence-corrected chi connectivity index (χ1v) is 17.3. The molecule has 5 rings (SSSR count). The number of hydrogen-bond donors (Lipinski definition) is 2. The summed E-state index contributed by atoms with van der Waals surface area (Å²) in [5.41, 5.74) is 3.76. The van der Waals surface area contributed by atoms with E-state index in [0.29, 0.717) is 30.4 Å². The van der Waals surface area contributed by atoms with E-state index in [4.69, 9.17) is 23.7 Å². The molecule has 0 radical (unpaired) electrons. The molecule has 7 nitrogen and oxygen atoms in total. The van der Waals surface area contributed by atoms with Crippen LogP contribution in [0, 0.1) is 5.92 Å². The SMILES string of the molecule is CC(C)CC(O)COc1cccc(C(C)(C)c2cccc(OCC(O)COc3cccc(C(C)(C)c4cccc(OCC5CO5)c4)c3)c2)c1. The Balaban J connectivity index is 1.15. The van der Waals surface area contributed by atoms with Crippen LogP contribution in [0.2, 0.25) is 0 Å². The van der Waals surface area contributed by atoms with Gasteiger partial charge in [-0.15, -0.1) is 0 Å². The lowest BCUT2D eigenvalue weighted by Gasteiger charge is -2.27. The predicted molar refractivity (Wildman–Crippen MR) is 193 cm³/mol. The van der Waals surface area contributed by atoms with Crippen molar-refractivity contribution < 1.29 is 33.9 Å². The number of rotatable bonds is 18. The molecule has 1 heterocycles. The van der Waals surface area contributed by atoms with Gasteiger partial charge < -0.3 is 33.9 Å². The molecule has 7 heteroatoms. The molecule has 4 aromatic carbocycles. The second kappa shape index (κ2) is 16.1. The first kappa shape index (κ1) is 36.2.